The first kappa shape index (κ1) is 79.8. The molecule has 0 saturated carbocycles. The van der Waals surface area contributed by atoms with Crippen molar-refractivity contribution in [3.63, 3.8) is 0 Å². The maximum atomic E-state index is 11.1. The first-order chi connectivity index (χ1) is 39.1. The summed E-state index contributed by atoms with van der Waals surface area (Å²) in [5, 5.41) is 171. The van der Waals surface area contributed by atoms with E-state index in [9.17, 15) is 86.8 Å². The predicted molar refractivity (Wildman–Crippen MR) is 294 cm³/mol. The number of hydrogen-bond donors (Lipinski definition) is 17. The van der Waals surface area contributed by atoms with Crippen LogP contribution in [0.15, 0.2) is 0 Å². The number of rotatable bonds is 63. The normalized spacial score (nSPS) is 15.9. The van der Waals surface area contributed by atoms with E-state index in [0.29, 0.717) is 6.54 Å². The molecule has 0 bridgehead atoms. The highest BCUT2D eigenvalue weighted by atomic mass is 16.5. The average Bonchev–Trinajstić information content (AvgIpc) is 3.43. The van der Waals surface area contributed by atoms with Crippen LogP contribution in [0.5, 0.6) is 0 Å². The molecule has 30 heteroatoms. The number of aliphatic hydroxyl groups is 17. The summed E-state index contributed by atoms with van der Waals surface area (Å²) in [5.74, 6) is 0. The summed E-state index contributed by atoms with van der Waals surface area (Å²) in [6.45, 7) is -2.86. The van der Waals surface area contributed by atoms with Crippen LogP contribution in [0.1, 0.15) is 0 Å². The first-order valence-corrected chi connectivity index (χ1v) is 28.2. The van der Waals surface area contributed by atoms with E-state index in [1.807, 2.05) is 0 Å². The van der Waals surface area contributed by atoms with Crippen LogP contribution in [-0.2, 0) is 33.2 Å². The maximum Gasteiger partial charge on any atom is 0.0900 e. The molecule has 0 saturated heterocycles. The minimum absolute atomic E-state index is 0.0256. The largest absolute Gasteiger partial charge is 0.395 e. The van der Waals surface area contributed by atoms with Gasteiger partial charge in [-0.3, -0.25) is 29.4 Å². The van der Waals surface area contributed by atoms with E-state index in [2.05, 4.69) is 0 Å². The maximum absolute atomic E-state index is 11.1. The lowest BCUT2D eigenvalue weighted by atomic mass is 9.90. The number of hydrogen-bond acceptors (Lipinski definition) is 30. The molecule has 0 aliphatic heterocycles. The van der Waals surface area contributed by atoms with E-state index >= 15 is 0 Å². The van der Waals surface area contributed by atoms with Crippen molar-refractivity contribution in [1.29, 1.82) is 0 Å². The molecule has 0 aromatic rings. The smallest absolute Gasteiger partial charge is 0.0900 e. The van der Waals surface area contributed by atoms with Crippen LogP contribution in [0.3, 0.4) is 0 Å². The van der Waals surface area contributed by atoms with Gasteiger partial charge in [0.2, 0.25) is 0 Å². The number of aliphatic hydroxyl groups excluding tert-OH is 17. The Hall–Kier alpha value is -1.20. The zero-order chi connectivity index (χ0) is 60.4. The lowest BCUT2D eigenvalue weighted by molar-refractivity contribution is -0.156. The molecular weight excluding hydrogens is 1080 g/mol. The topological polar surface area (TPSA) is 428 Å². The summed E-state index contributed by atoms with van der Waals surface area (Å²) in [6, 6.07) is 0. The molecule has 0 aromatic carbocycles. The standard InChI is InChI=1S/C51H110N6O24/c58-14-1-52(2-15-59)13-26-75-37-50(38-76-32-45(70)27-53(3-16-60)4-17-61,39-77-33-46(71)28-54(5-18-62)6-19-63)43-81-44-51(40-78-34-47(72)29-55(7-20-64)8-21-65,41-79-35-48(73)30-56(9-22-66)10-23-67)42-80-36-49(74)31-57(11-24-68)12-25-69/h45-49,58-74H,1-44H2. The molecule has 5 unspecified atom stereocenters. The Balaban J connectivity index is 7.49. The van der Waals surface area contributed by atoms with Gasteiger partial charge in [-0.05, 0) is 0 Å². The molecule has 0 radical (unpaired) electrons. The molecule has 5 atom stereocenters. The lowest BCUT2D eigenvalue weighted by Crippen LogP contribution is -2.48. The molecule has 0 fully saturated rings. The quantitative estimate of drug-likeness (QED) is 0.0251. The Morgan fingerprint density at radius 2 is 0.395 bits per heavy atom. The fourth-order valence-corrected chi connectivity index (χ4v) is 8.78. The van der Waals surface area contributed by atoms with Gasteiger partial charge in [0.15, 0.2) is 0 Å². The Morgan fingerprint density at radius 3 is 0.593 bits per heavy atom. The minimum Gasteiger partial charge on any atom is -0.395 e. The zero-order valence-corrected chi connectivity index (χ0v) is 48.1. The van der Waals surface area contributed by atoms with E-state index in [0.717, 1.165) is 0 Å². The van der Waals surface area contributed by atoms with E-state index < -0.39 is 41.3 Å². The summed E-state index contributed by atoms with van der Waals surface area (Å²) in [4.78, 5) is 10.0. The highest BCUT2D eigenvalue weighted by molar-refractivity contribution is 4.85. The molecule has 17 N–H and O–H groups in total. The summed E-state index contributed by atoms with van der Waals surface area (Å²) in [6.07, 6.45) is -5.55. The molecule has 81 heavy (non-hydrogen) atoms. The highest BCUT2D eigenvalue weighted by Gasteiger charge is 2.38. The van der Waals surface area contributed by atoms with Gasteiger partial charge in [-0.1, -0.05) is 0 Å². The fraction of sp³-hybridized carbons (Fsp3) is 1.00. The average molecular weight is 1190 g/mol. The van der Waals surface area contributed by atoms with E-state index in [1.54, 1.807) is 29.4 Å². The van der Waals surface area contributed by atoms with Crippen LogP contribution >= 0.6 is 0 Å². The van der Waals surface area contributed by atoms with Crippen molar-refractivity contribution in [3.8, 4) is 0 Å². The van der Waals surface area contributed by atoms with Crippen LogP contribution in [0.25, 0.3) is 0 Å². The highest BCUT2D eigenvalue weighted by Crippen LogP contribution is 2.26. The van der Waals surface area contributed by atoms with E-state index in [1.165, 1.54) is 0 Å². The van der Waals surface area contributed by atoms with E-state index in [-0.39, 0.29) is 283 Å². The Kier molecular flexibility index (Phi) is 52.3. The number of ether oxygens (including phenoxy) is 7. The molecule has 488 valence electrons. The summed E-state index contributed by atoms with van der Waals surface area (Å²) < 4.78 is 43.9. The Morgan fingerprint density at radius 1 is 0.222 bits per heavy atom. The second-order valence-electron chi connectivity index (χ2n) is 20.4. The molecule has 0 amide bonds. The molecule has 30 nitrogen and oxygen atoms in total. The van der Waals surface area contributed by atoms with Crippen molar-refractivity contribution in [2.45, 2.75) is 30.5 Å². The van der Waals surface area contributed by atoms with Gasteiger partial charge < -0.3 is 120 Å². The minimum atomic E-state index is -1.33. The van der Waals surface area contributed by atoms with Crippen molar-refractivity contribution in [1.82, 2.24) is 29.4 Å². The van der Waals surface area contributed by atoms with Crippen LogP contribution < -0.4 is 0 Å². The molecule has 0 aliphatic rings. The predicted octanol–water partition coefficient (Wildman–Crippen LogP) is -10.4. The van der Waals surface area contributed by atoms with Crippen molar-refractivity contribution in [3.05, 3.63) is 0 Å². The van der Waals surface area contributed by atoms with Gasteiger partial charge in [0.1, 0.15) is 0 Å². The lowest BCUT2D eigenvalue weighted by Gasteiger charge is -2.38. The fourth-order valence-electron chi connectivity index (χ4n) is 8.78. The van der Waals surface area contributed by atoms with Crippen molar-refractivity contribution in [2.75, 3.05) is 290 Å². The van der Waals surface area contributed by atoms with Crippen LogP contribution in [0.4, 0.5) is 0 Å². The molecule has 0 heterocycles. The third kappa shape index (κ3) is 41.5. The third-order valence-electron chi connectivity index (χ3n) is 12.7. The molecular formula is C51H110N6O24. The van der Waals surface area contributed by atoms with Crippen molar-refractivity contribution >= 4 is 0 Å². The van der Waals surface area contributed by atoms with Gasteiger partial charge in [-0.15, -0.1) is 0 Å². The SMILES string of the molecule is OCCN(CCO)CCOCC(COCC(O)CN(CCO)CCO)(COCC(O)CN(CCO)CCO)COCC(COCC(O)CN(CCO)CCO)(COCC(O)CN(CCO)CCO)COCC(O)CN(CCO)CCO. The Bertz CT molecular complexity index is 1220. The monoisotopic (exact) mass is 1190 g/mol. The second-order valence-corrected chi connectivity index (χ2v) is 20.4. The molecule has 0 rings (SSSR count). The van der Waals surface area contributed by atoms with Gasteiger partial charge in [0, 0.05) is 118 Å². The van der Waals surface area contributed by atoms with Gasteiger partial charge in [0.25, 0.3) is 0 Å². The van der Waals surface area contributed by atoms with Crippen LogP contribution in [0.2, 0.25) is 0 Å². The van der Waals surface area contributed by atoms with Crippen molar-refractivity contribution in [2.24, 2.45) is 10.8 Å². The van der Waals surface area contributed by atoms with Gasteiger partial charge >= 0.3 is 0 Å². The van der Waals surface area contributed by atoms with Crippen LogP contribution in [-0.4, -0.2) is 436 Å². The molecule has 0 spiro atoms. The third-order valence-corrected chi connectivity index (χ3v) is 12.7. The van der Waals surface area contributed by atoms with Gasteiger partial charge in [-0.2, -0.15) is 0 Å². The summed E-state index contributed by atoms with van der Waals surface area (Å²) >= 11 is 0. The first-order valence-electron chi connectivity index (χ1n) is 28.2. The molecule has 0 aromatic heterocycles. The zero-order valence-electron chi connectivity index (χ0n) is 48.1. The van der Waals surface area contributed by atoms with Crippen LogP contribution in [0, 0.1) is 10.8 Å². The second kappa shape index (κ2) is 53.1. The summed E-state index contributed by atoms with van der Waals surface area (Å²) in [7, 11) is 0. The van der Waals surface area contributed by atoms with E-state index in [4.69, 9.17) is 33.2 Å². The van der Waals surface area contributed by atoms with Crippen molar-refractivity contribution < 1.29 is 120 Å². The molecule has 0 aliphatic carbocycles. The Labute approximate surface area is 479 Å². The summed E-state index contributed by atoms with van der Waals surface area (Å²) in [5.41, 5.74) is -2.60. The van der Waals surface area contributed by atoms with Gasteiger partial charge in [-0.25, -0.2) is 0 Å². The van der Waals surface area contributed by atoms with Gasteiger partial charge in [0.05, 0.1) is 213 Å². The number of nitrogens with zero attached hydrogens (tertiary/aromatic N) is 6.